The van der Waals surface area contributed by atoms with Gasteiger partial charge in [-0.2, -0.15) is 0 Å². The van der Waals surface area contributed by atoms with Crippen LogP contribution in [0.1, 0.15) is 46.5 Å². The van der Waals surface area contributed by atoms with E-state index in [0.29, 0.717) is 6.42 Å². The summed E-state index contributed by atoms with van der Waals surface area (Å²) < 4.78 is 0. The molecule has 1 atom stereocenters. The fraction of sp³-hybridized carbons (Fsp3) is 0.818. The molecule has 5 N–H and O–H groups in total. The summed E-state index contributed by atoms with van der Waals surface area (Å²) in [5.74, 6) is 0. The Morgan fingerprint density at radius 1 is 1.18 bits per heavy atom. The van der Waals surface area contributed by atoms with E-state index in [9.17, 15) is 10.2 Å². The largest absolute Gasteiger partial charge is 0.631 e. The molecule has 0 fully saturated rings. The van der Waals surface area contributed by atoms with E-state index in [-0.39, 0.29) is 0 Å². The summed E-state index contributed by atoms with van der Waals surface area (Å²) in [5, 5.41) is 41.2. The van der Waals surface area contributed by atoms with Crippen molar-refractivity contribution in [1.82, 2.24) is 0 Å². The van der Waals surface area contributed by atoms with Crippen LogP contribution in [-0.4, -0.2) is 43.8 Å². The van der Waals surface area contributed by atoms with Gasteiger partial charge in [-0.05, 0) is 46.5 Å². The summed E-state index contributed by atoms with van der Waals surface area (Å²) in [7, 11) is -2.17. The van der Waals surface area contributed by atoms with Gasteiger partial charge in [0.05, 0.1) is 11.2 Å². The fourth-order valence-corrected chi connectivity index (χ4v) is 1.56. The average Bonchev–Trinajstić information content (AvgIpc) is 2.52. The lowest BCUT2D eigenvalue weighted by Gasteiger charge is -2.36. The smallest absolute Gasteiger partial charge is 0.402 e. The van der Waals surface area contributed by atoms with Crippen molar-refractivity contribution in [2.24, 2.45) is 0 Å². The van der Waals surface area contributed by atoms with Crippen LogP contribution in [0.4, 0.5) is 0 Å². The van der Waals surface area contributed by atoms with Crippen molar-refractivity contribution in [3.63, 3.8) is 0 Å². The van der Waals surface area contributed by atoms with Gasteiger partial charge in [0.2, 0.25) is 0 Å². The van der Waals surface area contributed by atoms with Crippen molar-refractivity contribution in [1.29, 1.82) is 0 Å². The second-order valence-electron chi connectivity index (χ2n) is 5.11. The molecular weight excluding hydrogens is 223 g/mol. The van der Waals surface area contributed by atoms with Crippen LogP contribution in [0.3, 0.4) is 0 Å². The maximum absolute atomic E-state index is 10.0. The predicted octanol–water partition coefficient (Wildman–Crippen LogP) is -0.0431. The highest BCUT2D eigenvalue weighted by Crippen LogP contribution is 2.32. The van der Waals surface area contributed by atoms with Gasteiger partial charge in [-0.25, -0.2) is 0 Å². The van der Waals surface area contributed by atoms with Crippen molar-refractivity contribution in [3.8, 4) is 0 Å². The number of rotatable bonds is 3. The molecule has 1 aliphatic rings. The van der Waals surface area contributed by atoms with Gasteiger partial charge in [-0.15, -0.1) is 0 Å². The Hall–Kier alpha value is -0.395. The van der Waals surface area contributed by atoms with Crippen LogP contribution >= 0.6 is 0 Å². The first kappa shape index (κ1) is 16.6. The van der Waals surface area contributed by atoms with Crippen LogP contribution in [0.25, 0.3) is 0 Å². The molecule has 1 unspecified atom stereocenters. The van der Waals surface area contributed by atoms with E-state index >= 15 is 0 Å². The van der Waals surface area contributed by atoms with E-state index in [1.54, 1.807) is 20.8 Å². The molecule has 0 spiro atoms. The Bertz CT molecular complexity index is 252. The van der Waals surface area contributed by atoms with Crippen LogP contribution < -0.4 is 0 Å². The van der Waals surface area contributed by atoms with Crippen molar-refractivity contribution in [2.75, 3.05) is 0 Å². The standard InChI is InChI=1S/C11H20O2.BH3O3/c1-10(2,12)11(3,13)8-9-6-4-5-7-9;2-1(3)4/h6,12-13H,4-5,7-8H2,1-3H3;2-4H. The average molecular weight is 246 g/mol. The van der Waals surface area contributed by atoms with Crippen molar-refractivity contribution in [3.05, 3.63) is 11.6 Å². The van der Waals surface area contributed by atoms with E-state index in [1.165, 1.54) is 12.0 Å². The van der Waals surface area contributed by atoms with Gasteiger partial charge in [0.15, 0.2) is 0 Å². The second kappa shape index (κ2) is 6.51. The first-order valence-corrected chi connectivity index (χ1v) is 5.73. The molecule has 0 heterocycles. The van der Waals surface area contributed by atoms with Crippen LogP contribution in [0.2, 0.25) is 0 Å². The minimum absolute atomic E-state index is 0.594. The molecule has 100 valence electrons. The van der Waals surface area contributed by atoms with Gasteiger partial charge in [0, 0.05) is 0 Å². The summed E-state index contributed by atoms with van der Waals surface area (Å²) in [5.41, 5.74) is -0.758. The maximum atomic E-state index is 10.0. The Labute approximate surface area is 103 Å². The van der Waals surface area contributed by atoms with Gasteiger partial charge in [0.25, 0.3) is 0 Å². The lowest BCUT2D eigenvalue weighted by molar-refractivity contribution is -0.118. The van der Waals surface area contributed by atoms with E-state index in [4.69, 9.17) is 15.1 Å². The molecule has 0 saturated carbocycles. The normalized spacial score (nSPS) is 18.9. The molecule has 0 saturated heterocycles. The number of allylic oxidation sites excluding steroid dienone is 1. The quantitative estimate of drug-likeness (QED) is 0.355. The summed E-state index contributed by atoms with van der Waals surface area (Å²) >= 11 is 0. The van der Waals surface area contributed by atoms with E-state index in [2.05, 4.69) is 6.08 Å². The third-order valence-corrected chi connectivity index (χ3v) is 3.02. The Balaban J connectivity index is 0.000000557. The molecule has 0 aliphatic heterocycles. The van der Waals surface area contributed by atoms with Crippen LogP contribution in [0, 0.1) is 0 Å². The van der Waals surface area contributed by atoms with Gasteiger partial charge >= 0.3 is 7.32 Å². The van der Waals surface area contributed by atoms with Gasteiger partial charge in [-0.1, -0.05) is 11.6 Å². The van der Waals surface area contributed by atoms with Gasteiger partial charge in [-0.3, -0.25) is 0 Å². The van der Waals surface area contributed by atoms with Crippen molar-refractivity contribution in [2.45, 2.75) is 57.7 Å². The van der Waals surface area contributed by atoms with E-state index in [1.807, 2.05) is 0 Å². The van der Waals surface area contributed by atoms with Crippen LogP contribution in [-0.2, 0) is 0 Å². The van der Waals surface area contributed by atoms with Crippen molar-refractivity contribution < 1.29 is 25.3 Å². The first-order chi connectivity index (χ1) is 7.56. The summed E-state index contributed by atoms with van der Waals surface area (Å²) in [6.07, 6.45) is 6.16. The van der Waals surface area contributed by atoms with Gasteiger partial charge < -0.3 is 25.3 Å². The Kier molecular flexibility index (Phi) is 6.36. The van der Waals surface area contributed by atoms with E-state index < -0.39 is 18.5 Å². The zero-order chi connectivity index (χ0) is 13.7. The highest BCUT2D eigenvalue weighted by atomic mass is 16.5. The zero-order valence-corrected chi connectivity index (χ0v) is 10.7. The second-order valence-corrected chi connectivity index (χ2v) is 5.11. The molecule has 1 aliphatic carbocycles. The molecule has 1 rings (SSSR count). The molecular formula is C11H23BO5. The molecule has 5 nitrogen and oxygen atoms in total. The third kappa shape index (κ3) is 6.80. The predicted molar refractivity (Wildman–Crippen MR) is 65.9 cm³/mol. The summed E-state index contributed by atoms with van der Waals surface area (Å²) in [4.78, 5) is 0. The lowest BCUT2D eigenvalue weighted by Crippen LogP contribution is -2.47. The number of hydrogen-bond acceptors (Lipinski definition) is 5. The molecule has 0 aromatic rings. The SMILES string of the molecule is CC(C)(O)C(C)(O)CC1=CCCC1.OB(O)O. The Morgan fingerprint density at radius 3 is 1.94 bits per heavy atom. The van der Waals surface area contributed by atoms with Crippen molar-refractivity contribution >= 4 is 7.32 Å². The lowest BCUT2D eigenvalue weighted by atomic mass is 9.82. The summed E-state index contributed by atoms with van der Waals surface area (Å²) in [6.45, 7) is 5.01. The van der Waals surface area contributed by atoms with Gasteiger partial charge in [0.1, 0.15) is 0 Å². The zero-order valence-electron chi connectivity index (χ0n) is 10.7. The molecule has 6 heteroatoms. The Morgan fingerprint density at radius 2 is 1.65 bits per heavy atom. The highest BCUT2D eigenvalue weighted by molar-refractivity contribution is 6.30. The number of aliphatic hydroxyl groups is 2. The number of hydrogen-bond donors (Lipinski definition) is 5. The molecule has 0 amide bonds. The third-order valence-electron chi connectivity index (χ3n) is 3.02. The monoisotopic (exact) mass is 246 g/mol. The minimum Gasteiger partial charge on any atom is -0.402 e. The maximum Gasteiger partial charge on any atom is 0.631 e. The highest BCUT2D eigenvalue weighted by Gasteiger charge is 2.38. The summed E-state index contributed by atoms with van der Waals surface area (Å²) in [6, 6.07) is 0. The molecule has 0 aromatic carbocycles. The molecule has 0 aromatic heterocycles. The molecule has 0 bridgehead atoms. The molecule has 17 heavy (non-hydrogen) atoms. The van der Waals surface area contributed by atoms with Crippen LogP contribution in [0.5, 0.6) is 0 Å². The topological polar surface area (TPSA) is 101 Å². The fourth-order valence-electron chi connectivity index (χ4n) is 1.56. The molecule has 0 radical (unpaired) electrons. The van der Waals surface area contributed by atoms with Crippen LogP contribution in [0.15, 0.2) is 11.6 Å². The minimum atomic E-state index is -2.17. The van der Waals surface area contributed by atoms with E-state index in [0.717, 1.165) is 12.8 Å². The first-order valence-electron chi connectivity index (χ1n) is 5.73.